The highest BCUT2D eigenvalue weighted by Crippen LogP contribution is 2.18. The molecule has 27 heavy (non-hydrogen) atoms. The van der Waals surface area contributed by atoms with E-state index in [1.54, 1.807) is 14.2 Å². The van der Waals surface area contributed by atoms with Crippen LogP contribution in [0.4, 0.5) is 0 Å². The smallest absolute Gasteiger partial charge is 0.191 e. The van der Waals surface area contributed by atoms with Crippen molar-refractivity contribution in [3.8, 4) is 17.1 Å². The summed E-state index contributed by atoms with van der Waals surface area (Å²) < 4.78 is 10.8. The molecule has 0 aliphatic heterocycles. The van der Waals surface area contributed by atoms with Gasteiger partial charge in [0.1, 0.15) is 11.6 Å². The van der Waals surface area contributed by atoms with Gasteiger partial charge in [-0.15, -0.1) is 0 Å². The molecule has 0 radical (unpaired) electrons. The van der Waals surface area contributed by atoms with E-state index in [0.717, 1.165) is 30.2 Å². The lowest BCUT2D eigenvalue weighted by molar-refractivity contribution is 0.128. The fraction of sp³-hybridized carbons (Fsp3) is 0.526. The Morgan fingerprint density at radius 1 is 1.19 bits per heavy atom. The van der Waals surface area contributed by atoms with Crippen molar-refractivity contribution in [3.05, 3.63) is 30.1 Å². The summed E-state index contributed by atoms with van der Waals surface area (Å²) in [6.45, 7) is 7.02. The van der Waals surface area contributed by atoms with E-state index in [4.69, 9.17) is 9.47 Å². The molecule has 0 aliphatic rings. The number of methoxy groups -OCH3 is 1. The minimum absolute atomic E-state index is 0.497. The van der Waals surface area contributed by atoms with Gasteiger partial charge in [0.15, 0.2) is 11.8 Å². The third-order valence-corrected chi connectivity index (χ3v) is 3.91. The van der Waals surface area contributed by atoms with E-state index in [0.29, 0.717) is 37.4 Å². The Morgan fingerprint density at radius 2 is 1.96 bits per heavy atom. The van der Waals surface area contributed by atoms with Gasteiger partial charge in [0.05, 0.1) is 20.3 Å². The van der Waals surface area contributed by atoms with Crippen LogP contribution in [-0.4, -0.2) is 55.1 Å². The first-order chi connectivity index (χ1) is 13.1. The molecule has 8 heteroatoms. The molecule has 8 nitrogen and oxygen atoms in total. The number of hydrogen-bond donors (Lipinski definition) is 3. The molecule has 0 unspecified atom stereocenters. The summed E-state index contributed by atoms with van der Waals surface area (Å²) in [7, 11) is 3.38. The van der Waals surface area contributed by atoms with Gasteiger partial charge in [-0.3, -0.25) is 10.1 Å². The van der Waals surface area contributed by atoms with Gasteiger partial charge in [0.25, 0.3) is 0 Å². The monoisotopic (exact) mass is 374 g/mol. The molecule has 1 aromatic carbocycles. The lowest BCUT2D eigenvalue weighted by Gasteiger charge is -2.11. The summed E-state index contributed by atoms with van der Waals surface area (Å²) in [5.74, 6) is 3.55. The predicted octanol–water partition coefficient (Wildman–Crippen LogP) is 2.21. The van der Waals surface area contributed by atoms with E-state index in [1.165, 1.54) is 0 Å². The maximum Gasteiger partial charge on any atom is 0.191 e. The number of rotatable bonds is 10. The highest BCUT2D eigenvalue weighted by molar-refractivity contribution is 5.79. The quantitative estimate of drug-likeness (QED) is 0.335. The number of aromatic amines is 1. The Hall–Kier alpha value is -2.61. The summed E-state index contributed by atoms with van der Waals surface area (Å²) in [4.78, 5) is 8.70. The average Bonchev–Trinajstić information content (AvgIpc) is 3.15. The zero-order chi connectivity index (χ0) is 19.5. The molecule has 148 valence electrons. The summed E-state index contributed by atoms with van der Waals surface area (Å²) in [6, 6.07) is 7.63. The van der Waals surface area contributed by atoms with Crippen LogP contribution in [0.25, 0.3) is 11.4 Å². The predicted molar refractivity (Wildman–Crippen MR) is 107 cm³/mol. The van der Waals surface area contributed by atoms with Gasteiger partial charge in [0, 0.05) is 25.8 Å². The number of H-pyrrole nitrogens is 1. The normalized spacial score (nSPS) is 11.7. The molecule has 2 rings (SSSR count). The minimum Gasteiger partial charge on any atom is -0.497 e. The first kappa shape index (κ1) is 20.7. The lowest BCUT2D eigenvalue weighted by atomic mass is 10.1. The summed E-state index contributed by atoms with van der Waals surface area (Å²) in [6.07, 6.45) is 1.08. The van der Waals surface area contributed by atoms with Crippen molar-refractivity contribution in [1.29, 1.82) is 0 Å². The zero-order valence-electron chi connectivity index (χ0n) is 16.6. The second kappa shape index (κ2) is 11.2. The number of guanidine groups is 1. The maximum absolute atomic E-state index is 5.59. The number of ether oxygens (including phenoxy) is 2. The Kier molecular flexibility index (Phi) is 8.57. The second-order valence-electron chi connectivity index (χ2n) is 6.48. The van der Waals surface area contributed by atoms with Gasteiger partial charge in [-0.05, 0) is 36.6 Å². The Balaban J connectivity index is 1.74. The molecule has 0 bridgehead atoms. The van der Waals surface area contributed by atoms with Gasteiger partial charge < -0.3 is 20.1 Å². The second-order valence-corrected chi connectivity index (χ2v) is 6.48. The van der Waals surface area contributed by atoms with E-state index in [9.17, 15) is 0 Å². The molecule has 0 saturated carbocycles. The Morgan fingerprint density at radius 3 is 2.63 bits per heavy atom. The molecule has 0 saturated heterocycles. The molecule has 0 atom stereocenters. The van der Waals surface area contributed by atoms with Crippen molar-refractivity contribution >= 4 is 5.96 Å². The standard InChI is InChI=1S/C19H30N6O2/c1-14(2)9-11-27-12-10-21-19(20-3)22-13-17-23-18(25-24-17)15-5-7-16(26-4)8-6-15/h5-8,14H,9-13H2,1-4H3,(H2,20,21,22)(H,23,24,25). The van der Waals surface area contributed by atoms with Crippen molar-refractivity contribution in [2.75, 3.05) is 33.9 Å². The van der Waals surface area contributed by atoms with Crippen LogP contribution in [0.15, 0.2) is 29.3 Å². The van der Waals surface area contributed by atoms with Gasteiger partial charge in [-0.1, -0.05) is 13.8 Å². The number of nitrogens with zero attached hydrogens (tertiary/aromatic N) is 3. The van der Waals surface area contributed by atoms with Crippen molar-refractivity contribution < 1.29 is 9.47 Å². The molecule has 0 spiro atoms. The maximum atomic E-state index is 5.59. The van der Waals surface area contributed by atoms with Crippen LogP contribution in [0.2, 0.25) is 0 Å². The molecule has 2 aromatic rings. The third-order valence-electron chi connectivity index (χ3n) is 3.91. The number of nitrogens with one attached hydrogen (secondary N) is 3. The van der Waals surface area contributed by atoms with Crippen LogP contribution in [0, 0.1) is 5.92 Å². The highest BCUT2D eigenvalue weighted by Gasteiger charge is 2.07. The van der Waals surface area contributed by atoms with E-state index in [1.807, 2.05) is 24.3 Å². The molecule has 1 aromatic heterocycles. The summed E-state index contributed by atoms with van der Waals surface area (Å²) >= 11 is 0. The molecule has 0 amide bonds. The van der Waals surface area contributed by atoms with Crippen LogP contribution in [0.5, 0.6) is 5.75 Å². The molecular weight excluding hydrogens is 344 g/mol. The van der Waals surface area contributed by atoms with Crippen LogP contribution in [0.1, 0.15) is 26.1 Å². The first-order valence-corrected chi connectivity index (χ1v) is 9.20. The lowest BCUT2D eigenvalue weighted by Crippen LogP contribution is -2.38. The van der Waals surface area contributed by atoms with Gasteiger partial charge >= 0.3 is 0 Å². The Labute approximate surface area is 160 Å². The van der Waals surface area contributed by atoms with Crippen molar-refractivity contribution in [2.45, 2.75) is 26.8 Å². The highest BCUT2D eigenvalue weighted by atomic mass is 16.5. The first-order valence-electron chi connectivity index (χ1n) is 9.20. The minimum atomic E-state index is 0.497. The van der Waals surface area contributed by atoms with Gasteiger partial charge in [0.2, 0.25) is 0 Å². The van der Waals surface area contributed by atoms with Crippen molar-refractivity contribution in [2.24, 2.45) is 10.9 Å². The fourth-order valence-corrected chi connectivity index (χ4v) is 2.29. The van der Waals surface area contributed by atoms with Crippen molar-refractivity contribution in [1.82, 2.24) is 25.8 Å². The third kappa shape index (κ3) is 7.26. The van der Waals surface area contributed by atoms with Crippen LogP contribution in [-0.2, 0) is 11.3 Å². The largest absolute Gasteiger partial charge is 0.497 e. The Bertz CT molecular complexity index is 696. The van der Waals surface area contributed by atoms with Gasteiger partial charge in [-0.25, -0.2) is 4.98 Å². The summed E-state index contributed by atoms with van der Waals surface area (Å²) in [5, 5.41) is 13.6. The van der Waals surface area contributed by atoms with E-state index < -0.39 is 0 Å². The molecule has 0 aliphatic carbocycles. The number of hydrogen-bond acceptors (Lipinski definition) is 5. The van der Waals surface area contributed by atoms with Crippen LogP contribution in [0.3, 0.4) is 0 Å². The topological polar surface area (TPSA) is 96.5 Å². The van der Waals surface area contributed by atoms with E-state index in [2.05, 4.69) is 44.7 Å². The average molecular weight is 374 g/mol. The van der Waals surface area contributed by atoms with Gasteiger partial charge in [-0.2, -0.15) is 5.10 Å². The SMILES string of the molecule is CN=C(NCCOCCC(C)C)NCc1nc(-c2ccc(OC)cc2)n[nH]1. The van der Waals surface area contributed by atoms with Crippen LogP contribution < -0.4 is 15.4 Å². The molecule has 3 N–H and O–H groups in total. The zero-order valence-corrected chi connectivity index (χ0v) is 16.6. The molecular formula is C19H30N6O2. The van der Waals surface area contributed by atoms with Crippen molar-refractivity contribution in [3.63, 3.8) is 0 Å². The number of aromatic nitrogens is 3. The van der Waals surface area contributed by atoms with Crippen LogP contribution >= 0.6 is 0 Å². The van der Waals surface area contributed by atoms with E-state index >= 15 is 0 Å². The van der Waals surface area contributed by atoms with E-state index in [-0.39, 0.29) is 0 Å². The number of aliphatic imine (C=N–C) groups is 1. The molecule has 0 fully saturated rings. The molecule has 1 heterocycles. The number of benzene rings is 1. The fourth-order valence-electron chi connectivity index (χ4n) is 2.29. The summed E-state index contributed by atoms with van der Waals surface area (Å²) in [5.41, 5.74) is 0.930.